The van der Waals surface area contributed by atoms with Crippen molar-refractivity contribution < 1.29 is 0 Å². The van der Waals surface area contributed by atoms with Gasteiger partial charge in [-0.3, -0.25) is 0 Å². The van der Waals surface area contributed by atoms with Crippen molar-refractivity contribution in [2.75, 3.05) is 0 Å². The van der Waals surface area contributed by atoms with E-state index >= 15 is 0 Å². The number of nitriles is 1. The summed E-state index contributed by atoms with van der Waals surface area (Å²) in [7, 11) is 0. The van der Waals surface area contributed by atoms with Crippen LogP contribution in [0.15, 0.2) is 91.0 Å². The zero-order valence-corrected chi connectivity index (χ0v) is 14.8. The highest BCUT2D eigenvalue weighted by molar-refractivity contribution is 5.95. The predicted octanol–water partition coefficient (Wildman–Crippen LogP) is 6.40. The number of nitrogens with zero attached hydrogens (tertiary/aromatic N) is 1. The smallest absolute Gasteiger partial charge is 0.0995 e. The first-order chi connectivity index (χ1) is 13.3. The first-order valence-electron chi connectivity index (χ1n) is 9.14. The molecule has 0 saturated carbocycles. The Morgan fingerprint density at radius 2 is 1.33 bits per heavy atom. The zero-order valence-electron chi connectivity index (χ0n) is 14.8. The lowest BCUT2D eigenvalue weighted by Gasteiger charge is -2.20. The van der Waals surface area contributed by atoms with E-state index in [1.165, 1.54) is 27.6 Å². The summed E-state index contributed by atoms with van der Waals surface area (Å²) in [6, 6.07) is 33.9. The van der Waals surface area contributed by atoms with E-state index in [4.69, 9.17) is 0 Å². The zero-order chi connectivity index (χ0) is 18.2. The Labute approximate surface area is 158 Å². The van der Waals surface area contributed by atoms with E-state index < -0.39 is 0 Å². The Kier molecular flexibility index (Phi) is 3.62. The average molecular weight is 343 g/mol. The van der Waals surface area contributed by atoms with Gasteiger partial charge >= 0.3 is 0 Å². The van der Waals surface area contributed by atoms with E-state index in [-0.39, 0.29) is 5.92 Å². The molecule has 0 amide bonds. The highest BCUT2D eigenvalue weighted by Crippen LogP contribution is 2.47. The first kappa shape index (κ1) is 15.6. The van der Waals surface area contributed by atoms with E-state index in [0.717, 1.165) is 16.5 Å². The number of fused-ring (bicyclic) bond motifs is 2. The summed E-state index contributed by atoms with van der Waals surface area (Å²) in [4.78, 5) is 0. The van der Waals surface area contributed by atoms with Gasteiger partial charge in [0.15, 0.2) is 0 Å². The maximum Gasteiger partial charge on any atom is 0.0995 e. The first-order valence-corrected chi connectivity index (χ1v) is 9.14. The van der Waals surface area contributed by atoms with Gasteiger partial charge in [0, 0.05) is 5.92 Å². The van der Waals surface area contributed by atoms with Crippen LogP contribution in [0.2, 0.25) is 0 Å². The summed E-state index contributed by atoms with van der Waals surface area (Å²) in [5.74, 6) is 0.0721. The highest BCUT2D eigenvalue weighted by Gasteiger charge is 2.29. The lowest BCUT2D eigenvalue weighted by atomic mass is 9.82. The fraction of sp³-hybridized carbons (Fsp3) is 0.0385. The van der Waals surface area contributed by atoms with Crippen LogP contribution < -0.4 is 0 Å². The van der Waals surface area contributed by atoms with E-state index in [1.54, 1.807) is 0 Å². The fourth-order valence-electron chi connectivity index (χ4n) is 4.13. The molecular weight excluding hydrogens is 326 g/mol. The van der Waals surface area contributed by atoms with Gasteiger partial charge in [-0.2, -0.15) is 5.26 Å². The second-order valence-corrected chi connectivity index (χ2v) is 6.93. The van der Waals surface area contributed by atoms with Gasteiger partial charge in [0.2, 0.25) is 0 Å². The molecule has 4 aromatic rings. The third kappa shape index (κ3) is 2.55. The van der Waals surface area contributed by atoms with E-state index in [0.29, 0.717) is 0 Å². The lowest BCUT2D eigenvalue weighted by Crippen LogP contribution is -2.04. The van der Waals surface area contributed by atoms with E-state index in [2.05, 4.69) is 84.9 Å². The van der Waals surface area contributed by atoms with Gasteiger partial charge < -0.3 is 0 Å². The van der Waals surface area contributed by atoms with Crippen LogP contribution in [-0.2, 0) is 0 Å². The normalized spacial score (nSPS) is 15.2. The number of allylic oxidation sites excluding steroid dienone is 1. The molecule has 1 aliphatic carbocycles. The molecule has 0 fully saturated rings. The Hall–Kier alpha value is -3.63. The quantitative estimate of drug-likeness (QED) is 0.413. The minimum Gasteiger partial charge on any atom is -0.192 e. The molecule has 0 aliphatic heterocycles. The van der Waals surface area contributed by atoms with Crippen LogP contribution in [0.3, 0.4) is 0 Å². The molecule has 0 radical (unpaired) electrons. The molecule has 1 heteroatoms. The van der Waals surface area contributed by atoms with Crippen molar-refractivity contribution in [3.63, 3.8) is 0 Å². The van der Waals surface area contributed by atoms with Gasteiger partial charge in [-0.05, 0) is 56.8 Å². The van der Waals surface area contributed by atoms with Gasteiger partial charge in [-0.1, -0.05) is 78.9 Å². The summed E-state index contributed by atoms with van der Waals surface area (Å²) < 4.78 is 0. The molecule has 126 valence electrons. The SMILES string of the molecule is N#Cc1cc2ccccc2cc1C1C(c2ccccc2)=Cc2ccccc21. The average Bonchev–Trinajstić information content (AvgIpc) is 3.13. The summed E-state index contributed by atoms with van der Waals surface area (Å²) in [5.41, 5.74) is 6.79. The van der Waals surface area contributed by atoms with Gasteiger partial charge in [-0.15, -0.1) is 0 Å². The van der Waals surface area contributed by atoms with Crippen LogP contribution in [0.1, 0.15) is 33.7 Å². The third-order valence-corrected chi connectivity index (χ3v) is 5.39. The molecule has 1 atom stereocenters. The minimum atomic E-state index is 0.0721. The van der Waals surface area contributed by atoms with Crippen molar-refractivity contribution in [2.24, 2.45) is 0 Å². The van der Waals surface area contributed by atoms with Gasteiger partial charge in [-0.25, -0.2) is 0 Å². The molecule has 0 bridgehead atoms. The summed E-state index contributed by atoms with van der Waals surface area (Å²) in [5, 5.41) is 12.1. The molecular formula is C26H17N. The monoisotopic (exact) mass is 343 g/mol. The summed E-state index contributed by atoms with van der Waals surface area (Å²) >= 11 is 0. The Morgan fingerprint density at radius 1 is 0.667 bits per heavy atom. The molecule has 1 nitrogen and oxygen atoms in total. The van der Waals surface area contributed by atoms with Crippen LogP contribution >= 0.6 is 0 Å². The maximum atomic E-state index is 9.87. The van der Waals surface area contributed by atoms with Crippen LogP contribution in [0, 0.1) is 11.3 Å². The molecule has 1 aliphatic rings. The van der Waals surface area contributed by atoms with E-state index in [9.17, 15) is 5.26 Å². The topological polar surface area (TPSA) is 23.8 Å². The second-order valence-electron chi connectivity index (χ2n) is 6.93. The van der Waals surface area contributed by atoms with Crippen molar-refractivity contribution in [3.05, 3.63) is 119 Å². The van der Waals surface area contributed by atoms with Crippen LogP contribution in [0.25, 0.3) is 22.4 Å². The second kappa shape index (κ2) is 6.27. The van der Waals surface area contributed by atoms with Crippen molar-refractivity contribution in [2.45, 2.75) is 5.92 Å². The van der Waals surface area contributed by atoms with Crippen LogP contribution in [0.5, 0.6) is 0 Å². The number of hydrogen-bond donors (Lipinski definition) is 0. The third-order valence-electron chi connectivity index (χ3n) is 5.39. The molecule has 0 N–H and O–H groups in total. The maximum absolute atomic E-state index is 9.87. The van der Waals surface area contributed by atoms with E-state index in [1.807, 2.05) is 18.2 Å². The molecule has 0 aromatic heterocycles. The van der Waals surface area contributed by atoms with Crippen LogP contribution in [0.4, 0.5) is 0 Å². The van der Waals surface area contributed by atoms with Crippen molar-refractivity contribution in [3.8, 4) is 6.07 Å². The Morgan fingerprint density at radius 3 is 2.11 bits per heavy atom. The Bertz CT molecular complexity index is 1230. The molecule has 5 rings (SSSR count). The molecule has 4 aromatic carbocycles. The minimum absolute atomic E-state index is 0.0721. The fourth-order valence-corrected chi connectivity index (χ4v) is 4.13. The lowest BCUT2D eigenvalue weighted by molar-refractivity contribution is 1.06. The number of benzene rings is 4. The summed E-state index contributed by atoms with van der Waals surface area (Å²) in [6.07, 6.45) is 2.27. The van der Waals surface area contributed by atoms with Crippen molar-refractivity contribution in [1.29, 1.82) is 5.26 Å². The van der Waals surface area contributed by atoms with Gasteiger partial charge in [0.25, 0.3) is 0 Å². The van der Waals surface area contributed by atoms with Gasteiger partial charge in [0.05, 0.1) is 11.6 Å². The van der Waals surface area contributed by atoms with Crippen molar-refractivity contribution >= 4 is 22.4 Å². The molecule has 27 heavy (non-hydrogen) atoms. The van der Waals surface area contributed by atoms with Gasteiger partial charge in [0.1, 0.15) is 0 Å². The summed E-state index contributed by atoms with van der Waals surface area (Å²) in [6.45, 7) is 0. The Balaban J connectivity index is 1.78. The van der Waals surface area contributed by atoms with Crippen molar-refractivity contribution in [1.82, 2.24) is 0 Å². The van der Waals surface area contributed by atoms with Crippen LogP contribution in [-0.4, -0.2) is 0 Å². The molecule has 0 heterocycles. The number of hydrogen-bond acceptors (Lipinski definition) is 1. The number of rotatable bonds is 2. The molecule has 0 spiro atoms. The standard InChI is InChI=1S/C26H17N/c27-17-22-14-19-10-4-5-11-20(19)15-25(22)26-23-13-7-6-12-21(23)16-24(26)18-8-2-1-3-9-18/h1-16,26H. The molecule has 0 saturated heterocycles. The molecule has 1 unspecified atom stereocenters. The predicted molar refractivity (Wildman–Crippen MR) is 111 cm³/mol. The highest BCUT2D eigenvalue weighted by atomic mass is 14.3. The largest absolute Gasteiger partial charge is 0.192 e.